The van der Waals surface area contributed by atoms with Gasteiger partial charge in [0.25, 0.3) is 0 Å². The molecule has 18 heavy (non-hydrogen) atoms. The normalized spacial score (nSPS) is 27.0. The van der Waals surface area contributed by atoms with Crippen LogP contribution in [0, 0.1) is 0 Å². The number of aromatic nitrogens is 1. The molecule has 0 spiro atoms. The number of morpholine rings is 1. The lowest BCUT2D eigenvalue weighted by molar-refractivity contribution is 0.0253. The number of fused-ring (bicyclic) bond motifs is 1. The molecule has 4 nitrogen and oxygen atoms in total. The van der Waals surface area contributed by atoms with Crippen LogP contribution in [-0.4, -0.2) is 35.3 Å². The second-order valence-electron chi connectivity index (χ2n) is 4.85. The summed E-state index contributed by atoms with van der Waals surface area (Å²) in [5.74, 6) is 0.973. The molecular weight excluding hydrogens is 246 g/mol. The lowest BCUT2D eigenvalue weighted by atomic mass is 10.1. The topological polar surface area (TPSA) is 51.4 Å². The van der Waals surface area contributed by atoms with Crippen molar-refractivity contribution in [2.45, 2.75) is 31.4 Å². The van der Waals surface area contributed by atoms with E-state index < -0.39 is 0 Å². The van der Waals surface area contributed by atoms with Gasteiger partial charge in [-0.3, -0.25) is 0 Å². The standard InChI is InChI=1S/C13H17N3OS/c14-13(18)9-3-1-6-12(15-9)16-7-8-17-11-5-2-4-10(11)16/h1,3,6,10-11H,2,4-5,7-8H2,(H2,14,18). The summed E-state index contributed by atoms with van der Waals surface area (Å²) in [6.45, 7) is 1.68. The summed E-state index contributed by atoms with van der Waals surface area (Å²) in [5.41, 5.74) is 6.34. The lowest BCUT2D eigenvalue weighted by Crippen LogP contribution is -2.49. The molecule has 1 aromatic heterocycles. The molecule has 0 radical (unpaired) electrons. The number of rotatable bonds is 2. The van der Waals surface area contributed by atoms with E-state index in [2.05, 4.69) is 9.88 Å². The maximum Gasteiger partial charge on any atom is 0.129 e. The second kappa shape index (κ2) is 4.82. The highest BCUT2D eigenvalue weighted by atomic mass is 32.1. The fourth-order valence-electron chi connectivity index (χ4n) is 2.93. The predicted octanol–water partition coefficient (Wildman–Crippen LogP) is 1.47. The number of nitrogens with two attached hydrogens (primary N) is 1. The Balaban J connectivity index is 1.89. The number of ether oxygens (including phenoxy) is 1. The van der Waals surface area contributed by atoms with E-state index in [1.165, 1.54) is 12.8 Å². The maximum absolute atomic E-state index is 5.81. The Morgan fingerprint density at radius 3 is 3.17 bits per heavy atom. The Kier molecular flexibility index (Phi) is 3.18. The summed E-state index contributed by atoms with van der Waals surface area (Å²) in [5, 5.41) is 0. The molecule has 0 bridgehead atoms. The fraction of sp³-hybridized carbons (Fsp3) is 0.538. The number of anilines is 1. The van der Waals surface area contributed by atoms with Crippen LogP contribution in [-0.2, 0) is 4.74 Å². The zero-order valence-corrected chi connectivity index (χ0v) is 11.0. The third-order valence-corrected chi connectivity index (χ3v) is 3.97. The van der Waals surface area contributed by atoms with Crippen LogP contribution in [0.25, 0.3) is 0 Å². The number of hydrogen-bond donors (Lipinski definition) is 1. The van der Waals surface area contributed by atoms with E-state index in [0.29, 0.717) is 22.8 Å². The third-order valence-electron chi connectivity index (χ3n) is 3.76. The molecule has 5 heteroatoms. The molecule has 3 rings (SSSR count). The molecular formula is C13H17N3OS. The summed E-state index contributed by atoms with van der Waals surface area (Å²) >= 11 is 4.99. The summed E-state index contributed by atoms with van der Waals surface area (Å²) < 4.78 is 5.81. The first-order valence-corrected chi connectivity index (χ1v) is 6.81. The molecule has 1 aliphatic carbocycles. The molecule has 2 unspecified atom stereocenters. The van der Waals surface area contributed by atoms with Crippen molar-refractivity contribution in [2.75, 3.05) is 18.1 Å². The van der Waals surface area contributed by atoms with Gasteiger partial charge in [-0.1, -0.05) is 18.3 Å². The van der Waals surface area contributed by atoms with Crippen molar-refractivity contribution in [3.63, 3.8) is 0 Å². The van der Waals surface area contributed by atoms with Crippen molar-refractivity contribution in [1.29, 1.82) is 0 Å². The molecule has 1 aromatic rings. The number of pyridine rings is 1. The van der Waals surface area contributed by atoms with Gasteiger partial charge in [-0.05, 0) is 31.4 Å². The Morgan fingerprint density at radius 1 is 1.44 bits per heavy atom. The van der Waals surface area contributed by atoms with Gasteiger partial charge < -0.3 is 15.4 Å². The molecule has 2 heterocycles. The third kappa shape index (κ3) is 2.08. The molecule has 2 fully saturated rings. The largest absolute Gasteiger partial charge is 0.388 e. The Labute approximate surface area is 112 Å². The van der Waals surface area contributed by atoms with E-state index in [4.69, 9.17) is 22.7 Å². The average molecular weight is 263 g/mol. The Morgan fingerprint density at radius 2 is 2.33 bits per heavy atom. The minimum atomic E-state index is 0.355. The van der Waals surface area contributed by atoms with Crippen molar-refractivity contribution in [2.24, 2.45) is 5.73 Å². The summed E-state index contributed by atoms with van der Waals surface area (Å²) in [6, 6.07) is 6.32. The quantitative estimate of drug-likeness (QED) is 0.819. The summed E-state index contributed by atoms with van der Waals surface area (Å²) in [7, 11) is 0. The lowest BCUT2D eigenvalue weighted by Gasteiger charge is -2.38. The van der Waals surface area contributed by atoms with Crippen LogP contribution in [0.4, 0.5) is 5.82 Å². The molecule has 2 N–H and O–H groups in total. The van der Waals surface area contributed by atoms with Crippen LogP contribution in [0.5, 0.6) is 0 Å². The van der Waals surface area contributed by atoms with Gasteiger partial charge in [0, 0.05) is 6.54 Å². The van der Waals surface area contributed by atoms with E-state index in [0.717, 1.165) is 25.4 Å². The highest BCUT2D eigenvalue weighted by Crippen LogP contribution is 2.32. The van der Waals surface area contributed by atoms with E-state index >= 15 is 0 Å². The smallest absolute Gasteiger partial charge is 0.129 e. The van der Waals surface area contributed by atoms with Crippen molar-refractivity contribution < 1.29 is 4.74 Å². The van der Waals surface area contributed by atoms with Crippen LogP contribution >= 0.6 is 12.2 Å². The van der Waals surface area contributed by atoms with E-state index in [-0.39, 0.29) is 0 Å². The van der Waals surface area contributed by atoms with Crippen molar-refractivity contribution >= 4 is 23.0 Å². The first-order valence-electron chi connectivity index (χ1n) is 6.41. The van der Waals surface area contributed by atoms with Crippen molar-refractivity contribution in [3.8, 4) is 0 Å². The minimum Gasteiger partial charge on any atom is -0.388 e. The zero-order valence-electron chi connectivity index (χ0n) is 10.2. The molecule has 2 aliphatic rings. The van der Waals surface area contributed by atoms with Gasteiger partial charge in [0.05, 0.1) is 24.4 Å². The highest BCUT2D eigenvalue weighted by molar-refractivity contribution is 7.80. The van der Waals surface area contributed by atoms with Crippen LogP contribution in [0.1, 0.15) is 25.0 Å². The minimum absolute atomic E-state index is 0.355. The predicted molar refractivity (Wildman–Crippen MR) is 74.8 cm³/mol. The van der Waals surface area contributed by atoms with Crippen LogP contribution < -0.4 is 10.6 Å². The van der Waals surface area contributed by atoms with E-state index in [1.807, 2.05) is 18.2 Å². The number of thiocarbonyl (C=S) groups is 1. The van der Waals surface area contributed by atoms with E-state index in [9.17, 15) is 0 Å². The van der Waals surface area contributed by atoms with Gasteiger partial charge in [-0.15, -0.1) is 0 Å². The van der Waals surface area contributed by atoms with Gasteiger partial charge in [0.15, 0.2) is 0 Å². The second-order valence-corrected chi connectivity index (χ2v) is 5.29. The van der Waals surface area contributed by atoms with Crippen LogP contribution in [0.2, 0.25) is 0 Å². The van der Waals surface area contributed by atoms with E-state index in [1.54, 1.807) is 0 Å². The van der Waals surface area contributed by atoms with Gasteiger partial charge in [-0.25, -0.2) is 4.98 Å². The molecule has 1 aliphatic heterocycles. The van der Waals surface area contributed by atoms with Crippen LogP contribution in [0.15, 0.2) is 18.2 Å². The fourth-order valence-corrected chi connectivity index (χ4v) is 3.04. The molecule has 1 saturated heterocycles. The van der Waals surface area contributed by atoms with Gasteiger partial charge in [0.1, 0.15) is 10.8 Å². The number of hydrogen-bond acceptors (Lipinski definition) is 4. The molecule has 2 atom stereocenters. The van der Waals surface area contributed by atoms with Gasteiger partial charge in [-0.2, -0.15) is 0 Å². The van der Waals surface area contributed by atoms with Gasteiger partial charge >= 0.3 is 0 Å². The first-order chi connectivity index (χ1) is 8.75. The maximum atomic E-state index is 5.81. The average Bonchev–Trinajstić information content (AvgIpc) is 2.87. The molecule has 0 amide bonds. The monoisotopic (exact) mass is 263 g/mol. The Bertz CT molecular complexity index is 465. The van der Waals surface area contributed by atoms with Crippen LogP contribution in [0.3, 0.4) is 0 Å². The molecule has 1 saturated carbocycles. The molecule has 96 valence electrons. The van der Waals surface area contributed by atoms with Crippen molar-refractivity contribution in [3.05, 3.63) is 23.9 Å². The number of nitrogens with zero attached hydrogens (tertiary/aromatic N) is 2. The van der Waals surface area contributed by atoms with Gasteiger partial charge in [0.2, 0.25) is 0 Å². The zero-order chi connectivity index (χ0) is 12.5. The SMILES string of the molecule is NC(=S)c1cccc(N2CCOC3CCCC32)n1. The summed E-state index contributed by atoms with van der Waals surface area (Å²) in [4.78, 5) is 7.27. The highest BCUT2D eigenvalue weighted by Gasteiger charge is 2.36. The summed E-state index contributed by atoms with van der Waals surface area (Å²) in [6.07, 6.45) is 3.95. The molecule has 0 aromatic carbocycles. The van der Waals surface area contributed by atoms with Crippen molar-refractivity contribution in [1.82, 2.24) is 4.98 Å². The first kappa shape index (κ1) is 11.9. The Hall–Kier alpha value is -1.20.